The fraction of sp³-hybridized carbons (Fsp3) is 0.450. The fourth-order valence-corrected chi connectivity index (χ4v) is 4.27. The molecule has 158 valence electrons. The molecule has 3 aliphatic rings. The van der Waals surface area contributed by atoms with E-state index in [4.69, 9.17) is 5.73 Å². The quantitative estimate of drug-likeness (QED) is 0.661. The predicted molar refractivity (Wildman–Crippen MR) is 100 cm³/mol. The van der Waals surface area contributed by atoms with Gasteiger partial charge in [0.1, 0.15) is 11.9 Å². The van der Waals surface area contributed by atoms with E-state index in [1.807, 2.05) is 4.90 Å². The maximum Gasteiger partial charge on any atom is 0.262 e. The number of likely N-dealkylation sites (tertiary alicyclic amines) is 1. The molecule has 0 aliphatic carbocycles. The number of amides is 5. The average Bonchev–Trinajstić information content (AvgIpc) is 2.93. The summed E-state index contributed by atoms with van der Waals surface area (Å²) in [7, 11) is 0. The molecule has 1 aromatic rings. The van der Waals surface area contributed by atoms with Crippen LogP contribution in [0.3, 0.4) is 0 Å². The third-order valence-corrected chi connectivity index (χ3v) is 5.99. The van der Waals surface area contributed by atoms with Crippen LogP contribution in [-0.4, -0.2) is 58.5 Å². The van der Waals surface area contributed by atoms with Gasteiger partial charge in [-0.2, -0.15) is 0 Å². The highest BCUT2D eigenvalue weighted by molar-refractivity contribution is 6.23. The molecular weight excluding hydrogens is 395 g/mol. The van der Waals surface area contributed by atoms with Crippen molar-refractivity contribution in [2.45, 2.75) is 38.3 Å². The van der Waals surface area contributed by atoms with Crippen molar-refractivity contribution in [2.24, 2.45) is 11.7 Å². The second-order valence-electron chi connectivity index (χ2n) is 7.89. The highest BCUT2D eigenvalue weighted by Crippen LogP contribution is 2.30. The summed E-state index contributed by atoms with van der Waals surface area (Å²) in [5.74, 6) is -3.71. The van der Waals surface area contributed by atoms with Crippen molar-refractivity contribution in [3.05, 3.63) is 34.6 Å². The van der Waals surface area contributed by atoms with Gasteiger partial charge >= 0.3 is 0 Å². The molecule has 4 rings (SSSR count). The van der Waals surface area contributed by atoms with E-state index in [-0.39, 0.29) is 47.9 Å². The van der Waals surface area contributed by atoms with Gasteiger partial charge in [0.05, 0.1) is 11.1 Å². The molecule has 3 heterocycles. The number of hydrogen-bond donors (Lipinski definition) is 2. The monoisotopic (exact) mass is 416 g/mol. The van der Waals surface area contributed by atoms with Crippen LogP contribution in [0.1, 0.15) is 52.0 Å². The molecule has 1 unspecified atom stereocenters. The van der Waals surface area contributed by atoms with Gasteiger partial charge in [0.2, 0.25) is 17.7 Å². The number of benzene rings is 1. The van der Waals surface area contributed by atoms with Crippen molar-refractivity contribution >= 4 is 29.5 Å². The molecule has 2 fully saturated rings. The van der Waals surface area contributed by atoms with Gasteiger partial charge in [0.15, 0.2) is 0 Å². The Morgan fingerprint density at radius 3 is 2.30 bits per heavy atom. The largest absolute Gasteiger partial charge is 0.369 e. The van der Waals surface area contributed by atoms with Gasteiger partial charge in [-0.3, -0.25) is 39.1 Å². The lowest BCUT2D eigenvalue weighted by molar-refractivity contribution is -0.136. The van der Waals surface area contributed by atoms with Crippen LogP contribution in [0.15, 0.2) is 12.1 Å². The minimum Gasteiger partial charge on any atom is -0.369 e. The van der Waals surface area contributed by atoms with Crippen LogP contribution in [0.2, 0.25) is 0 Å². The normalized spacial score (nSPS) is 23.0. The number of primary amides is 1. The van der Waals surface area contributed by atoms with Crippen LogP contribution in [-0.2, 0) is 20.9 Å². The number of halogens is 1. The molecule has 0 saturated carbocycles. The molecule has 30 heavy (non-hydrogen) atoms. The van der Waals surface area contributed by atoms with Crippen molar-refractivity contribution in [3.8, 4) is 0 Å². The maximum atomic E-state index is 14.7. The molecule has 1 aromatic carbocycles. The van der Waals surface area contributed by atoms with Crippen molar-refractivity contribution in [2.75, 3.05) is 13.1 Å². The van der Waals surface area contributed by atoms with Gasteiger partial charge in [-0.1, -0.05) is 0 Å². The first-order chi connectivity index (χ1) is 14.3. The third-order valence-electron chi connectivity index (χ3n) is 5.99. The number of nitrogens with one attached hydrogen (secondary N) is 1. The summed E-state index contributed by atoms with van der Waals surface area (Å²) in [6.07, 6.45) is 1.23. The second-order valence-corrected chi connectivity index (χ2v) is 7.89. The van der Waals surface area contributed by atoms with E-state index in [2.05, 4.69) is 5.32 Å². The maximum absolute atomic E-state index is 14.7. The predicted octanol–water partition coefficient (Wildman–Crippen LogP) is -0.0758. The van der Waals surface area contributed by atoms with E-state index in [9.17, 15) is 28.4 Å². The Balaban J connectivity index is 1.53. The zero-order valence-corrected chi connectivity index (χ0v) is 16.2. The van der Waals surface area contributed by atoms with E-state index in [1.165, 1.54) is 6.07 Å². The Hall–Kier alpha value is -3.14. The minimum absolute atomic E-state index is 0.0185. The van der Waals surface area contributed by atoms with Gasteiger partial charge < -0.3 is 5.73 Å². The molecule has 0 radical (unpaired) electrons. The van der Waals surface area contributed by atoms with Crippen molar-refractivity contribution in [1.29, 1.82) is 0 Å². The lowest BCUT2D eigenvalue weighted by Gasteiger charge is -2.30. The second kappa shape index (κ2) is 7.60. The van der Waals surface area contributed by atoms with Crippen LogP contribution in [0, 0.1) is 11.7 Å². The number of nitrogens with two attached hydrogens (primary N) is 1. The van der Waals surface area contributed by atoms with Gasteiger partial charge in [0, 0.05) is 24.4 Å². The first kappa shape index (κ1) is 20.1. The number of hydrogen-bond acceptors (Lipinski definition) is 6. The van der Waals surface area contributed by atoms with Crippen molar-refractivity contribution in [1.82, 2.24) is 15.1 Å². The average molecular weight is 416 g/mol. The SMILES string of the molecule is NC(=O)C1CCN(Cc2cc3c(cc2F)C(=O)N(C2CCC(=O)NC2=O)C3=O)CC1. The Kier molecular flexibility index (Phi) is 5.10. The van der Waals surface area contributed by atoms with Gasteiger partial charge in [-0.15, -0.1) is 0 Å². The summed E-state index contributed by atoms with van der Waals surface area (Å²) in [6.45, 7) is 1.36. The number of carbonyl (C=O) groups is 5. The first-order valence-electron chi connectivity index (χ1n) is 9.82. The zero-order valence-electron chi connectivity index (χ0n) is 16.2. The number of carbonyl (C=O) groups excluding carboxylic acids is 5. The summed E-state index contributed by atoms with van der Waals surface area (Å²) in [6, 6.07) is 1.30. The molecule has 0 bridgehead atoms. The lowest BCUT2D eigenvalue weighted by Crippen LogP contribution is -2.54. The summed E-state index contributed by atoms with van der Waals surface area (Å²) in [4.78, 5) is 63.1. The minimum atomic E-state index is -1.09. The molecule has 2 saturated heterocycles. The molecule has 1 atom stereocenters. The Morgan fingerprint density at radius 1 is 1.07 bits per heavy atom. The van der Waals surface area contributed by atoms with Crippen LogP contribution in [0.5, 0.6) is 0 Å². The van der Waals surface area contributed by atoms with Gasteiger partial charge in [0.25, 0.3) is 11.8 Å². The fourth-order valence-electron chi connectivity index (χ4n) is 4.27. The first-order valence-corrected chi connectivity index (χ1v) is 9.82. The standard InChI is InChI=1S/C20H21FN4O5/c21-14-8-13-12(7-11(14)9-24-5-3-10(4-6-24)17(22)27)19(29)25(20(13)30)15-1-2-16(26)23-18(15)28/h7-8,10,15H,1-6,9H2,(H2,22,27)(H,23,26,28). The smallest absolute Gasteiger partial charge is 0.262 e. The summed E-state index contributed by atoms with van der Waals surface area (Å²) in [5, 5.41) is 2.12. The number of nitrogens with zero attached hydrogens (tertiary/aromatic N) is 2. The van der Waals surface area contributed by atoms with E-state index < -0.39 is 35.5 Å². The number of piperidine rings is 2. The molecule has 5 amide bonds. The molecule has 9 nitrogen and oxygen atoms in total. The molecule has 0 aromatic heterocycles. The summed E-state index contributed by atoms with van der Waals surface area (Å²) in [5.41, 5.74) is 5.56. The van der Waals surface area contributed by atoms with Crippen LogP contribution < -0.4 is 11.1 Å². The number of rotatable bonds is 4. The Labute approximate surface area is 171 Å². The summed E-state index contributed by atoms with van der Waals surface area (Å²) < 4.78 is 14.7. The van der Waals surface area contributed by atoms with E-state index in [0.717, 1.165) is 11.0 Å². The van der Waals surface area contributed by atoms with Crippen molar-refractivity contribution in [3.63, 3.8) is 0 Å². The van der Waals surface area contributed by atoms with E-state index in [1.54, 1.807) is 0 Å². The van der Waals surface area contributed by atoms with Crippen molar-refractivity contribution < 1.29 is 28.4 Å². The highest BCUT2D eigenvalue weighted by atomic mass is 19.1. The molecule has 10 heteroatoms. The Morgan fingerprint density at radius 2 is 1.70 bits per heavy atom. The summed E-state index contributed by atoms with van der Waals surface area (Å²) >= 11 is 0. The molecular formula is C20H21FN4O5. The van der Waals surface area contributed by atoms with Crippen LogP contribution in [0.25, 0.3) is 0 Å². The lowest BCUT2D eigenvalue weighted by atomic mass is 9.95. The highest BCUT2D eigenvalue weighted by Gasteiger charge is 2.45. The topological polar surface area (TPSA) is 130 Å². The van der Waals surface area contributed by atoms with Gasteiger partial charge in [-0.05, 0) is 44.5 Å². The number of fused-ring (bicyclic) bond motifs is 1. The Bertz CT molecular complexity index is 970. The molecule has 3 N–H and O–H groups in total. The molecule has 0 spiro atoms. The van der Waals surface area contributed by atoms with Crippen LogP contribution >= 0.6 is 0 Å². The van der Waals surface area contributed by atoms with Gasteiger partial charge in [-0.25, -0.2) is 4.39 Å². The van der Waals surface area contributed by atoms with E-state index >= 15 is 0 Å². The third kappa shape index (κ3) is 3.47. The van der Waals surface area contributed by atoms with Crippen LogP contribution in [0.4, 0.5) is 4.39 Å². The van der Waals surface area contributed by atoms with E-state index in [0.29, 0.717) is 25.9 Å². The molecule has 3 aliphatic heterocycles. The number of imide groups is 2. The zero-order chi connectivity index (χ0) is 21.6.